The van der Waals surface area contributed by atoms with Crippen LogP contribution in [0.3, 0.4) is 0 Å². The van der Waals surface area contributed by atoms with Crippen LogP contribution in [-0.2, 0) is 11.2 Å². The molecule has 0 aliphatic carbocycles. The molecule has 0 fully saturated rings. The van der Waals surface area contributed by atoms with Gasteiger partial charge in [0.05, 0.1) is 6.61 Å². The molecule has 0 aliphatic rings. The van der Waals surface area contributed by atoms with Crippen molar-refractivity contribution in [2.75, 3.05) is 13.2 Å². The number of carbonyl (C=O) groups excluding carboxylic acids is 2. The number of nitrogens with zero attached hydrogens (tertiary/aromatic N) is 2. The largest absolute Gasteiger partial charge is 0.462 e. The van der Waals surface area contributed by atoms with Gasteiger partial charge in [-0.3, -0.25) is 9.20 Å². The van der Waals surface area contributed by atoms with Crippen LogP contribution in [0.5, 0.6) is 0 Å². The third kappa shape index (κ3) is 5.22. The summed E-state index contributed by atoms with van der Waals surface area (Å²) in [5.74, 6) is -0.619. The smallest absolute Gasteiger partial charge is 0.341 e. The highest BCUT2D eigenvalue weighted by molar-refractivity contribution is 5.99. The fraction of sp³-hybridized carbons (Fsp3) is 0.348. The zero-order valence-corrected chi connectivity index (χ0v) is 17.0. The molecule has 29 heavy (non-hydrogen) atoms. The molecule has 1 N–H and O–H groups in total. The molecule has 6 nitrogen and oxygen atoms in total. The number of fused-ring (bicyclic) bond motifs is 1. The zero-order chi connectivity index (χ0) is 20.6. The highest BCUT2D eigenvalue weighted by Gasteiger charge is 2.17. The minimum atomic E-state index is -0.441. The lowest BCUT2D eigenvalue weighted by atomic mass is 10.1. The maximum Gasteiger partial charge on any atom is 0.341 e. The van der Waals surface area contributed by atoms with E-state index in [2.05, 4.69) is 41.5 Å². The van der Waals surface area contributed by atoms with Crippen molar-refractivity contribution in [2.24, 2.45) is 0 Å². The van der Waals surface area contributed by atoms with Gasteiger partial charge in [-0.25, -0.2) is 9.78 Å². The number of amides is 1. The van der Waals surface area contributed by atoms with Crippen molar-refractivity contribution >= 4 is 17.5 Å². The molecule has 0 atom stereocenters. The molecule has 0 saturated heterocycles. The zero-order valence-electron chi connectivity index (χ0n) is 17.0. The number of benzene rings is 1. The minimum absolute atomic E-state index is 0.179. The molecule has 2 heterocycles. The second-order valence-electron chi connectivity index (χ2n) is 7.03. The third-order valence-electron chi connectivity index (χ3n) is 4.83. The van der Waals surface area contributed by atoms with Gasteiger partial charge >= 0.3 is 5.97 Å². The topological polar surface area (TPSA) is 72.7 Å². The van der Waals surface area contributed by atoms with Gasteiger partial charge < -0.3 is 10.1 Å². The first-order valence-corrected chi connectivity index (χ1v) is 10.1. The summed E-state index contributed by atoms with van der Waals surface area (Å²) in [6, 6.07) is 11.9. The van der Waals surface area contributed by atoms with Gasteiger partial charge in [0, 0.05) is 18.9 Å². The maximum absolute atomic E-state index is 12.6. The van der Waals surface area contributed by atoms with Crippen molar-refractivity contribution in [2.45, 2.75) is 39.5 Å². The van der Waals surface area contributed by atoms with Gasteiger partial charge in [-0.2, -0.15) is 0 Å². The highest BCUT2D eigenvalue weighted by Crippen LogP contribution is 2.14. The number of aryl methyl sites for hydroxylation is 2. The Morgan fingerprint density at radius 1 is 1.07 bits per heavy atom. The van der Waals surface area contributed by atoms with Gasteiger partial charge in [0.1, 0.15) is 11.3 Å². The Morgan fingerprint density at radius 3 is 2.62 bits per heavy atom. The summed E-state index contributed by atoms with van der Waals surface area (Å²) in [6.07, 6.45) is 7.37. The predicted octanol–water partition coefficient (Wildman–Crippen LogP) is 3.96. The van der Waals surface area contributed by atoms with E-state index in [1.807, 2.05) is 0 Å². The highest BCUT2D eigenvalue weighted by atomic mass is 16.5. The van der Waals surface area contributed by atoms with Gasteiger partial charge in [-0.05, 0) is 50.8 Å². The molecule has 0 aliphatic heterocycles. The molecule has 0 saturated carbocycles. The summed E-state index contributed by atoms with van der Waals surface area (Å²) in [5.41, 5.74) is 3.85. The van der Waals surface area contributed by atoms with Crippen LogP contribution < -0.4 is 5.32 Å². The number of carbonyl (C=O) groups is 2. The van der Waals surface area contributed by atoms with Gasteiger partial charge in [0.25, 0.3) is 5.91 Å². The molecular formula is C23H27N3O3. The molecular weight excluding hydrogens is 366 g/mol. The summed E-state index contributed by atoms with van der Waals surface area (Å²) < 4.78 is 6.68. The van der Waals surface area contributed by atoms with Gasteiger partial charge in [0.15, 0.2) is 5.65 Å². The third-order valence-corrected chi connectivity index (χ3v) is 4.83. The summed E-state index contributed by atoms with van der Waals surface area (Å²) in [5, 5.41) is 2.96. The van der Waals surface area contributed by atoms with Crippen molar-refractivity contribution < 1.29 is 14.3 Å². The first kappa shape index (κ1) is 20.6. The molecule has 0 spiro atoms. The SMILES string of the molecule is CCOC(=O)c1ccc(C(=O)NCCCCCc2ccc(C)cc2)n2ccnc12. The molecule has 1 aromatic carbocycles. The van der Waals surface area contributed by atoms with Crippen LogP contribution in [0.4, 0.5) is 0 Å². The summed E-state index contributed by atoms with van der Waals surface area (Å²) in [7, 11) is 0. The van der Waals surface area contributed by atoms with Crippen LogP contribution >= 0.6 is 0 Å². The number of ether oxygens (including phenoxy) is 1. The van der Waals surface area contributed by atoms with E-state index < -0.39 is 5.97 Å². The van der Waals surface area contributed by atoms with Crippen LogP contribution in [0, 0.1) is 6.92 Å². The number of imidazole rings is 1. The van der Waals surface area contributed by atoms with Crippen LogP contribution in [0.1, 0.15) is 58.2 Å². The summed E-state index contributed by atoms with van der Waals surface area (Å²) >= 11 is 0. The van der Waals surface area contributed by atoms with Crippen molar-refractivity contribution in [3.8, 4) is 0 Å². The molecule has 3 aromatic rings. The number of nitrogens with one attached hydrogen (secondary N) is 1. The van der Waals surface area contributed by atoms with Crippen LogP contribution in [0.25, 0.3) is 5.65 Å². The molecule has 3 rings (SSSR count). The lowest BCUT2D eigenvalue weighted by Gasteiger charge is -2.10. The van der Waals surface area contributed by atoms with Crippen molar-refractivity contribution in [3.05, 3.63) is 71.2 Å². The second kappa shape index (κ2) is 9.87. The number of hydrogen-bond acceptors (Lipinski definition) is 4. The summed E-state index contributed by atoms with van der Waals surface area (Å²) in [4.78, 5) is 28.8. The van der Waals surface area contributed by atoms with Gasteiger partial charge in [-0.15, -0.1) is 0 Å². The Bertz CT molecular complexity index is 977. The molecule has 6 heteroatoms. The second-order valence-corrected chi connectivity index (χ2v) is 7.03. The molecule has 0 radical (unpaired) electrons. The number of esters is 1. The first-order valence-electron chi connectivity index (χ1n) is 10.1. The van der Waals surface area contributed by atoms with E-state index in [0.717, 1.165) is 25.7 Å². The molecule has 0 unspecified atom stereocenters. The lowest BCUT2D eigenvalue weighted by Crippen LogP contribution is -2.26. The van der Waals surface area contributed by atoms with E-state index in [1.54, 1.807) is 35.9 Å². The quantitative estimate of drug-likeness (QED) is 0.441. The number of aromatic nitrogens is 2. The Kier molecular flexibility index (Phi) is 7.00. The monoisotopic (exact) mass is 393 g/mol. The van der Waals surface area contributed by atoms with E-state index in [-0.39, 0.29) is 12.5 Å². The Morgan fingerprint density at radius 2 is 1.86 bits per heavy atom. The van der Waals surface area contributed by atoms with Crippen LogP contribution in [-0.4, -0.2) is 34.4 Å². The standard InChI is InChI=1S/C23H27N3O3/c1-3-29-23(28)19-12-13-20(26-16-15-24-21(19)26)22(27)25-14-6-4-5-7-18-10-8-17(2)9-11-18/h8-13,15-16H,3-7,14H2,1-2H3,(H,25,27). The fourth-order valence-corrected chi connectivity index (χ4v) is 3.25. The van der Waals surface area contributed by atoms with E-state index in [0.29, 0.717) is 23.4 Å². The normalized spacial score (nSPS) is 10.8. The van der Waals surface area contributed by atoms with E-state index in [1.165, 1.54) is 11.1 Å². The number of rotatable bonds is 9. The number of unbranched alkanes of at least 4 members (excludes halogenated alkanes) is 2. The van der Waals surface area contributed by atoms with Crippen molar-refractivity contribution in [3.63, 3.8) is 0 Å². The number of pyridine rings is 1. The van der Waals surface area contributed by atoms with E-state index in [4.69, 9.17) is 4.74 Å². The average molecular weight is 393 g/mol. The van der Waals surface area contributed by atoms with Crippen molar-refractivity contribution in [1.82, 2.24) is 14.7 Å². The Balaban J connectivity index is 1.50. The lowest BCUT2D eigenvalue weighted by molar-refractivity contribution is 0.0527. The minimum Gasteiger partial charge on any atom is -0.462 e. The van der Waals surface area contributed by atoms with Gasteiger partial charge in [-0.1, -0.05) is 36.2 Å². The molecule has 2 aromatic heterocycles. The molecule has 152 valence electrons. The van der Waals surface area contributed by atoms with E-state index >= 15 is 0 Å². The first-order chi connectivity index (χ1) is 14.1. The van der Waals surface area contributed by atoms with Crippen LogP contribution in [0.2, 0.25) is 0 Å². The van der Waals surface area contributed by atoms with Crippen LogP contribution in [0.15, 0.2) is 48.8 Å². The van der Waals surface area contributed by atoms with Gasteiger partial charge in [0.2, 0.25) is 0 Å². The number of hydrogen-bond donors (Lipinski definition) is 1. The Labute approximate surface area is 170 Å². The fourth-order valence-electron chi connectivity index (χ4n) is 3.25. The van der Waals surface area contributed by atoms with E-state index in [9.17, 15) is 9.59 Å². The Hall–Kier alpha value is -3.15. The summed E-state index contributed by atoms with van der Waals surface area (Å²) in [6.45, 7) is 4.75. The molecule has 0 bridgehead atoms. The molecule has 1 amide bonds. The van der Waals surface area contributed by atoms with Crippen molar-refractivity contribution in [1.29, 1.82) is 0 Å². The maximum atomic E-state index is 12.6. The average Bonchev–Trinajstić information content (AvgIpc) is 3.21. The predicted molar refractivity (Wildman–Crippen MR) is 112 cm³/mol.